The quantitative estimate of drug-likeness (QED) is 0.197. The minimum absolute atomic E-state index is 0.149. The molecule has 8 nitrogen and oxygen atoms in total. The highest BCUT2D eigenvalue weighted by Gasteiger charge is 2.15. The fourth-order valence-electron chi connectivity index (χ4n) is 4.28. The summed E-state index contributed by atoms with van der Waals surface area (Å²) in [6.45, 7) is 4.48. The predicted molar refractivity (Wildman–Crippen MR) is 154 cm³/mol. The maximum Gasteiger partial charge on any atom is 0.317 e. The zero-order valence-corrected chi connectivity index (χ0v) is 23.0. The summed E-state index contributed by atoms with van der Waals surface area (Å²) in [7, 11) is 0. The number of carboxylic acids is 1. The van der Waals surface area contributed by atoms with E-state index in [-0.39, 0.29) is 26.3 Å². The Morgan fingerprint density at radius 3 is 2.48 bits per heavy atom. The van der Waals surface area contributed by atoms with E-state index in [9.17, 15) is 4.79 Å². The number of benzene rings is 3. The van der Waals surface area contributed by atoms with Crippen molar-refractivity contribution < 1.29 is 19.4 Å². The molecular weight excluding hydrogens is 528 g/mol. The van der Waals surface area contributed by atoms with Gasteiger partial charge in [-0.2, -0.15) is 5.26 Å². The van der Waals surface area contributed by atoms with Crippen LogP contribution in [0, 0.1) is 25.2 Å². The van der Waals surface area contributed by atoms with Crippen LogP contribution in [0.25, 0.3) is 11.1 Å². The number of hydrogen-bond donors (Lipinski definition) is 3. The number of halogens is 1. The van der Waals surface area contributed by atoms with Crippen molar-refractivity contribution >= 4 is 23.3 Å². The Bertz CT molecular complexity index is 1580. The highest BCUT2D eigenvalue weighted by atomic mass is 35.5. The Balaban J connectivity index is 1.58. The van der Waals surface area contributed by atoms with Crippen LogP contribution in [0.4, 0.5) is 5.69 Å². The average Bonchev–Trinajstić information content (AvgIpc) is 2.94. The molecule has 0 amide bonds. The Hall–Kier alpha value is -4.58. The number of nitrogens with one attached hydrogen (secondary N) is 1. The van der Waals surface area contributed by atoms with Gasteiger partial charge >= 0.3 is 5.97 Å². The van der Waals surface area contributed by atoms with Gasteiger partial charge in [0.15, 0.2) is 0 Å². The molecule has 3 aromatic carbocycles. The molecule has 4 rings (SSSR count). The molecule has 4 aromatic rings. The monoisotopic (exact) mass is 556 g/mol. The number of carbonyl (C=O) groups is 1. The minimum atomic E-state index is -0.973. The average molecular weight is 557 g/mol. The van der Waals surface area contributed by atoms with Crippen LogP contribution in [-0.4, -0.2) is 22.6 Å². The maximum absolute atomic E-state index is 11.0. The van der Waals surface area contributed by atoms with Gasteiger partial charge in [0.2, 0.25) is 0 Å². The van der Waals surface area contributed by atoms with E-state index in [0.717, 1.165) is 33.5 Å². The Labute approximate surface area is 238 Å². The van der Waals surface area contributed by atoms with Crippen molar-refractivity contribution in [3.8, 4) is 28.7 Å². The first-order chi connectivity index (χ1) is 19.3. The van der Waals surface area contributed by atoms with E-state index in [4.69, 9.17) is 37.2 Å². The fourth-order valence-corrected chi connectivity index (χ4v) is 4.53. The van der Waals surface area contributed by atoms with Crippen molar-refractivity contribution in [2.24, 2.45) is 0 Å². The van der Waals surface area contributed by atoms with Gasteiger partial charge in [-0.3, -0.25) is 9.78 Å². The first-order valence-corrected chi connectivity index (χ1v) is 12.9. The van der Waals surface area contributed by atoms with Crippen LogP contribution in [0.3, 0.4) is 0 Å². The molecule has 9 heteroatoms. The topological polar surface area (TPSA) is 130 Å². The van der Waals surface area contributed by atoms with Crippen molar-refractivity contribution in [3.63, 3.8) is 0 Å². The smallest absolute Gasteiger partial charge is 0.317 e. The summed E-state index contributed by atoms with van der Waals surface area (Å²) in [5, 5.41) is 21.4. The SMILES string of the molecule is Cc1c(N)cccc1-c1cccc(COc2cc(OCc3cncc(C#N)c3)c(CNCC(=O)O)cc2Cl)c1C. The number of nitrogens with two attached hydrogens (primary N) is 1. The third-order valence-corrected chi connectivity index (χ3v) is 6.82. The minimum Gasteiger partial charge on any atom is -0.488 e. The van der Waals surface area contributed by atoms with Crippen molar-refractivity contribution in [1.29, 1.82) is 5.26 Å². The van der Waals surface area contributed by atoms with Gasteiger partial charge in [-0.15, -0.1) is 0 Å². The normalized spacial score (nSPS) is 10.7. The lowest BCUT2D eigenvalue weighted by molar-refractivity contribution is -0.136. The van der Waals surface area contributed by atoms with Crippen LogP contribution in [0.5, 0.6) is 11.5 Å². The number of aromatic nitrogens is 1. The molecule has 0 bridgehead atoms. The number of nitrogens with zero attached hydrogens (tertiary/aromatic N) is 2. The van der Waals surface area contributed by atoms with Gasteiger partial charge in [0.05, 0.1) is 17.1 Å². The van der Waals surface area contributed by atoms with Crippen LogP contribution in [-0.2, 0) is 24.6 Å². The zero-order valence-electron chi connectivity index (χ0n) is 22.2. The molecule has 0 unspecified atom stereocenters. The standard InChI is InChI=1S/C31H29ClN4O4/c1-19-23(5-3-6-25(19)26-7-4-8-28(34)20(26)2)18-40-30-11-29(24(10-27(30)32)15-36-16-31(37)38)39-17-22-9-21(12-33)13-35-14-22/h3-11,13-14,36H,15-18,34H2,1-2H3,(H,37,38). The number of hydrogen-bond acceptors (Lipinski definition) is 7. The molecule has 0 aliphatic carbocycles. The number of pyridine rings is 1. The number of aliphatic carboxylic acids is 1. The number of carboxylic acid groups (broad SMARTS) is 1. The summed E-state index contributed by atoms with van der Waals surface area (Å²) in [4.78, 5) is 15.1. The van der Waals surface area contributed by atoms with E-state index in [2.05, 4.69) is 28.5 Å². The van der Waals surface area contributed by atoms with Gasteiger partial charge in [-0.25, -0.2) is 0 Å². The van der Waals surface area contributed by atoms with E-state index in [1.54, 1.807) is 24.4 Å². The van der Waals surface area contributed by atoms with Gasteiger partial charge in [0.25, 0.3) is 0 Å². The summed E-state index contributed by atoms with van der Waals surface area (Å²) in [6.07, 6.45) is 3.10. The molecule has 40 heavy (non-hydrogen) atoms. The van der Waals surface area contributed by atoms with Crippen LogP contribution < -0.4 is 20.5 Å². The lowest BCUT2D eigenvalue weighted by Gasteiger charge is -2.18. The lowest BCUT2D eigenvalue weighted by Crippen LogP contribution is -2.22. The first kappa shape index (κ1) is 28.4. The van der Waals surface area contributed by atoms with E-state index in [1.807, 2.05) is 38.1 Å². The van der Waals surface area contributed by atoms with Crippen LogP contribution in [0.1, 0.15) is 33.4 Å². The molecule has 1 heterocycles. The zero-order chi connectivity index (χ0) is 28.6. The lowest BCUT2D eigenvalue weighted by atomic mass is 9.93. The summed E-state index contributed by atoms with van der Waals surface area (Å²) >= 11 is 6.59. The molecule has 0 aliphatic heterocycles. The summed E-state index contributed by atoms with van der Waals surface area (Å²) < 4.78 is 12.2. The highest BCUT2D eigenvalue weighted by molar-refractivity contribution is 6.32. The van der Waals surface area contributed by atoms with E-state index in [1.165, 1.54) is 6.20 Å². The third-order valence-electron chi connectivity index (χ3n) is 6.52. The van der Waals surface area contributed by atoms with Crippen LogP contribution >= 0.6 is 11.6 Å². The number of nitriles is 1. The molecule has 0 saturated heterocycles. The van der Waals surface area contributed by atoms with E-state index >= 15 is 0 Å². The third kappa shape index (κ3) is 6.89. The van der Waals surface area contributed by atoms with Gasteiger partial charge in [-0.05, 0) is 59.9 Å². The Kier molecular flexibility index (Phi) is 9.23. The highest BCUT2D eigenvalue weighted by Crippen LogP contribution is 2.35. The number of anilines is 1. The Morgan fingerprint density at radius 2 is 1.73 bits per heavy atom. The number of rotatable bonds is 11. The van der Waals surface area contributed by atoms with Crippen molar-refractivity contribution in [2.45, 2.75) is 33.6 Å². The molecule has 0 spiro atoms. The second-order valence-electron chi connectivity index (χ2n) is 9.27. The van der Waals surface area contributed by atoms with Gasteiger partial charge in [0.1, 0.15) is 30.8 Å². The second-order valence-corrected chi connectivity index (χ2v) is 9.68. The molecular formula is C31H29ClN4O4. The second kappa shape index (κ2) is 13.0. The Morgan fingerprint density at radius 1 is 1.00 bits per heavy atom. The van der Waals surface area contributed by atoms with Gasteiger partial charge in [-0.1, -0.05) is 41.9 Å². The molecule has 0 radical (unpaired) electrons. The molecule has 204 valence electrons. The summed E-state index contributed by atoms with van der Waals surface area (Å²) in [5.41, 5.74) is 13.9. The van der Waals surface area contributed by atoms with Crippen molar-refractivity contribution in [1.82, 2.24) is 10.3 Å². The summed E-state index contributed by atoms with van der Waals surface area (Å²) in [6, 6.07) is 19.1. The largest absolute Gasteiger partial charge is 0.488 e. The molecule has 0 aliphatic rings. The van der Waals surface area contributed by atoms with Crippen molar-refractivity contribution in [3.05, 3.63) is 105 Å². The van der Waals surface area contributed by atoms with Crippen molar-refractivity contribution in [2.75, 3.05) is 12.3 Å². The number of ether oxygens (including phenoxy) is 2. The molecule has 0 atom stereocenters. The molecule has 1 aromatic heterocycles. The predicted octanol–water partition coefficient (Wildman–Crippen LogP) is 5.80. The molecule has 0 saturated carbocycles. The summed E-state index contributed by atoms with van der Waals surface area (Å²) in [5.74, 6) is -0.0770. The number of nitrogen functional groups attached to an aromatic ring is 1. The molecule has 4 N–H and O–H groups in total. The fraction of sp³-hybridized carbons (Fsp3) is 0.194. The van der Waals surface area contributed by atoms with E-state index < -0.39 is 5.97 Å². The van der Waals surface area contributed by atoms with E-state index in [0.29, 0.717) is 33.2 Å². The van der Waals surface area contributed by atoms with Gasteiger partial charge in [0, 0.05) is 41.8 Å². The van der Waals surface area contributed by atoms with Crippen LogP contribution in [0.15, 0.2) is 67.0 Å². The maximum atomic E-state index is 11.0. The molecule has 0 fully saturated rings. The first-order valence-electron chi connectivity index (χ1n) is 12.5. The van der Waals surface area contributed by atoms with Crippen LogP contribution in [0.2, 0.25) is 5.02 Å². The van der Waals surface area contributed by atoms with Gasteiger partial charge < -0.3 is 25.6 Å².